The summed E-state index contributed by atoms with van der Waals surface area (Å²) in [4.78, 5) is 27.0. The molecule has 0 aliphatic carbocycles. The Morgan fingerprint density at radius 1 is 1.28 bits per heavy atom. The lowest BCUT2D eigenvalue weighted by Gasteiger charge is -2.41. The number of fused-ring (bicyclic) bond motifs is 1. The highest BCUT2D eigenvalue weighted by Crippen LogP contribution is 2.18. The maximum atomic E-state index is 12.6. The zero-order valence-corrected chi connectivity index (χ0v) is 14.9. The Labute approximate surface area is 146 Å². The molecule has 1 atom stereocenters. The lowest BCUT2D eigenvalue weighted by atomic mass is 10.0. The molecule has 1 aromatic carbocycles. The molecule has 1 saturated heterocycles. The summed E-state index contributed by atoms with van der Waals surface area (Å²) in [6, 6.07) is 6.48. The van der Waals surface area contributed by atoms with Crippen molar-refractivity contribution in [3.8, 4) is 0 Å². The molecule has 0 bridgehead atoms. The van der Waals surface area contributed by atoms with Gasteiger partial charge in [-0.15, -0.1) is 0 Å². The second kappa shape index (κ2) is 7.01. The number of hydrogen-bond donors (Lipinski definition) is 1. The van der Waals surface area contributed by atoms with Gasteiger partial charge in [-0.25, -0.2) is 4.79 Å². The van der Waals surface area contributed by atoms with Crippen LogP contribution in [0.15, 0.2) is 33.5 Å². The Kier molecular flexibility index (Phi) is 4.96. The maximum absolute atomic E-state index is 12.6. The number of nitrogens with one attached hydrogen (secondary N) is 1. The lowest BCUT2D eigenvalue weighted by Crippen LogP contribution is -2.55. The summed E-state index contributed by atoms with van der Waals surface area (Å²) < 4.78 is 12.0. The summed E-state index contributed by atoms with van der Waals surface area (Å²) >= 11 is 0. The van der Waals surface area contributed by atoms with Crippen molar-refractivity contribution in [2.75, 3.05) is 32.8 Å². The number of ether oxygens (including phenoxy) is 1. The molecule has 2 aromatic rings. The van der Waals surface area contributed by atoms with Gasteiger partial charge < -0.3 is 14.5 Å². The number of aromatic nitrogens is 1. The van der Waals surface area contributed by atoms with Gasteiger partial charge in [0.25, 0.3) is 0 Å². The number of morpholine rings is 1. The molecule has 7 nitrogen and oxygen atoms in total. The predicted octanol–water partition coefficient (Wildman–Crippen LogP) is 1.38. The van der Waals surface area contributed by atoms with Crippen LogP contribution < -0.4 is 11.1 Å². The molecule has 0 radical (unpaired) electrons. The molecule has 7 heteroatoms. The van der Waals surface area contributed by atoms with E-state index in [4.69, 9.17) is 9.15 Å². The fourth-order valence-corrected chi connectivity index (χ4v) is 3.20. The first-order valence-corrected chi connectivity index (χ1v) is 8.61. The fraction of sp³-hybridized carbons (Fsp3) is 0.556. The number of carbonyl (C=O) groups is 1. The van der Waals surface area contributed by atoms with E-state index in [0.717, 1.165) is 13.1 Å². The van der Waals surface area contributed by atoms with E-state index < -0.39 is 11.8 Å². The van der Waals surface area contributed by atoms with Crippen LogP contribution in [0.1, 0.15) is 26.8 Å². The highest BCUT2D eigenvalue weighted by atomic mass is 16.5. The van der Waals surface area contributed by atoms with Crippen molar-refractivity contribution < 1.29 is 13.9 Å². The third-order valence-corrected chi connectivity index (χ3v) is 4.85. The van der Waals surface area contributed by atoms with E-state index in [1.165, 1.54) is 4.57 Å². The first-order chi connectivity index (χ1) is 11.9. The van der Waals surface area contributed by atoms with Gasteiger partial charge in [-0.2, -0.15) is 0 Å². The number of oxazole rings is 1. The van der Waals surface area contributed by atoms with Gasteiger partial charge in [0.1, 0.15) is 6.04 Å². The van der Waals surface area contributed by atoms with Crippen LogP contribution in [0.25, 0.3) is 11.1 Å². The van der Waals surface area contributed by atoms with Gasteiger partial charge in [0.05, 0.1) is 18.7 Å². The Morgan fingerprint density at radius 2 is 1.96 bits per heavy atom. The number of amides is 1. The van der Waals surface area contributed by atoms with Crippen molar-refractivity contribution in [3.05, 3.63) is 34.8 Å². The number of rotatable bonds is 5. The van der Waals surface area contributed by atoms with Gasteiger partial charge in [0.2, 0.25) is 5.91 Å². The van der Waals surface area contributed by atoms with E-state index >= 15 is 0 Å². The van der Waals surface area contributed by atoms with Gasteiger partial charge >= 0.3 is 5.76 Å². The van der Waals surface area contributed by atoms with Crippen LogP contribution in [-0.2, 0) is 9.53 Å². The van der Waals surface area contributed by atoms with E-state index in [0.29, 0.717) is 30.9 Å². The second-order valence-electron chi connectivity index (χ2n) is 7.01. The van der Waals surface area contributed by atoms with E-state index in [1.54, 1.807) is 25.1 Å². The minimum absolute atomic E-state index is 0.178. The van der Waals surface area contributed by atoms with E-state index in [1.807, 2.05) is 6.07 Å². The molecule has 1 fully saturated rings. The van der Waals surface area contributed by atoms with Crippen molar-refractivity contribution in [3.63, 3.8) is 0 Å². The Morgan fingerprint density at radius 3 is 2.68 bits per heavy atom. The zero-order valence-electron chi connectivity index (χ0n) is 14.9. The first kappa shape index (κ1) is 17.7. The Hall–Kier alpha value is -2.12. The number of hydrogen-bond acceptors (Lipinski definition) is 5. The van der Waals surface area contributed by atoms with Crippen LogP contribution in [0.3, 0.4) is 0 Å². The molecule has 1 aliphatic rings. The summed E-state index contributed by atoms with van der Waals surface area (Å²) in [5.41, 5.74) is 0.936. The van der Waals surface area contributed by atoms with Crippen molar-refractivity contribution in [2.24, 2.45) is 0 Å². The van der Waals surface area contributed by atoms with Crippen LogP contribution in [0.5, 0.6) is 0 Å². The molecule has 1 N–H and O–H groups in total. The average molecular weight is 347 g/mol. The van der Waals surface area contributed by atoms with Gasteiger partial charge in [-0.1, -0.05) is 12.1 Å². The van der Waals surface area contributed by atoms with E-state index in [-0.39, 0.29) is 11.4 Å². The molecular formula is C18H25N3O4. The largest absolute Gasteiger partial charge is 0.420 e. The standard InChI is InChI=1S/C18H25N3O4/c1-13(21-14-6-4-5-7-15(14)25-17(21)23)16(22)19-12-18(2,3)20-8-10-24-11-9-20/h4-7,13H,8-12H2,1-3H3,(H,19,22). The normalized spacial score (nSPS) is 17.6. The van der Waals surface area contributed by atoms with Crippen molar-refractivity contribution in [1.82, 2.24) is 14.8 Å². The quantitative estimate of drug-likeness (QED) is 0.884. The van der Waals surface area contributed by atoms with Crippen LogP contribution in [-0.4, -0.2) is 53.8 Å². The number of nitrogens with zero attached hydrogens (tertiary/aromatic N) is 2. The molecule has 1 unspecified atom stereocenters. The van der Waals surface area contributed by atoms with E-state index in [9.17, 15) is 9.59 Å². The molecule has 1 amide bonds. The van der Waals surface area contributed by atoms with Gasteiger partial charge in [-0.05, 0) is 32.9 Å². The van der Waals surface area contributed by atoms with Crippen molar-refractivity contribution in [1.29, 1.82) is 0 Å². The Balaban J connectivity index is 1.70. The van der Waals surface area contributed by atoms with Gasteiger partial charge in [0.15, 0.2) is 5.58 Å². The molecule has 25 heavy (non-hydrogen) atoms. The molecule has 0 saturated carbocycles. The molecule has 3 rings (SSSR count). The van der Waals surface area contributed by atoms with Crippen molar-refractivity contribution >= 4 is 17.0 Å². The summed E-state index contributed by atoms with van der Waals surface area (Å²) in [7, 11) is 0. The van der Waals surface area contributed by atoms with Crippen LogP contribution in [0.2, 0.25) is 0 Å². The maximum Gasteiger partial charge on any atom is 0.420 e. The smallest absolute Gasteiger partial charge is 0.408 e. The van der Waals surface area contributed by atoms with Crippen molar-refractivity contribution in [2.45, 2.75) is 32.4 Å². The number of benzene rings is 1. The average Bonchev–Trinajstić information content (AvgIpc) is 2.95. The van der Waals surface area contributed by atoms with Crippen LogP contribution in [0.4, 0.5) is 0 Å². The third kappa shape index (κ3) is 3.62. The van der Waals surface area contributed by atoms with Gasteiger partial charge in [0, 0.05) is 25.2 Å². The predicted molar refractivity (Wildman–Crippen MR) is 94.7 cm³/mol. The zero-order chi connectivity index (χ0) is 18.0. The molecule has 1 aliphatic heterocycles. The highest BCUT2D eigenvalue weighted by Gasteiger charge is 2.30. The van der Waals surface area contributed by atoms with Crippen LogP contribution in [0, 0.1) is 0 Å². The minimum atomic E-state index is -0.642. The summed E-state index contributed by atoms with van der Waals surface area (Å²) in [5, 5.41) is 2.98. The summed E-state index contributed by atoms with van der Waals surface area (Å²) in [6.45, 7) is 9.54. The highest BCUT2D eigenvalue weighted by molar-refractivity contribution is 5.82. The molecular weight excluding hydrogens is 322 g/mol. The molecule has 2 heterocycles. The Bertz CT molecular complexity index is 802. The van der Waals surface area contributed by atoms with Gasteiger partial charge in [-0.3, -0.25) is 14.3 Å². The fourth-order valence-electron chi connectivity index (χ4n) is 3.20. The lowest BCUT2D eigenvalue weighted by molar-refractivity contribution is -0.124. The number of carbonyl (C=O) groups excluding carboxylic acids is 1. The number of para-hydroxylation sites is 2. The SMILES string of the molecule is CC(C(=O)NCC(C)(C)N1CCOCC1)n1c(=O)oc2ccccc21. The molecule has 136 valence electrons. The van der Waals surface area contributed by atoms with E-state index in [2.05, 4.69) is 24.1 Å². The summed E-state index contributed by atoms with van der Waals surface area (Å²) in [5.74, 6) is -0.716. The minimum Gasteiger partial charge on any atom is -0.408 e. The topological polar surface area (TPSA) is 76.7 Å². The summed E-state index contributed by atoms with van der Waals surface area (Å²) in [6.07, 6.45) is 0. The molecule has 1 aromatic heterocycles. The second-order valence-corrected chi connectivity index (χ2v) is 7.01. The van der Waals surface area contributed by atoms with Crippen LogP contribution >= 0.6 is 0 Å². The molecule has 0 spiro atoms. The third-order valence-electron chi connectivity index (χ3n) is 4.85. The first-order valence-electron chi connectivity index (χ1n) is 8.61. The monoisotopic (exact) mass is 347 g/mol.